The summed E-state index contributed by atoms with van der Waals surface area (Å²) in [6, 6.07) is 16.7. The number of β-amino-alcohol motifs (C(OH)–C–C–N with tert-alkyl or cyclic N) is 1. The summed E-state index contributed by atoms with van der Waals surface area (Å²) < 4.78 is 2.34. The van der Waals surface area contributed by atoms with E-state index in [1.165, 1.54) is 28.2 Å². The Kier molecular flexibility index (Phi) is 5.88. The Bertz CT molecular complexity index is 1050. The summed E-state index contributed by atoms with van der Waals surface area (Å²) >= 11 is 5.65. The monoisotopic (exact) mass is 420 g/mol. The molecule has 0 bridgehead atoms. The van der Waals surface area contributed by atoms with Gasteiger partial charge in [-0.1, -0.05) is 31.2 Å². The van der Waals surface area contributed by atoms with E-state index in [0.29, 0.717) is 11.7 Å². The highest BCUT2D eigenvalue weighted by molar-refractivity contribution is 7.80. The van der Waals surface area contributed by atoms with Crippen molar-refractivity contribution >= 4 is 17.3 Å². The lowest BCUT2D eigenvalue weighted by atomic mass is 9.97. The van der Waals surface area contributed by atoms with Gasteiger partial charge in [-0.25, -0.2) is 0 Å². The van der Waals surface area contributed by atoms with Crippen LogP contribution in [0.1, 0.15) is 47.2 Å². The van der Waals surface area contributed by atoms with E-state index in [-0.39, 0.29) is 18.7 Å². The first-order valence-electron chi connectivity index (χ1n) is 10.4. The van der Waals surface area contributed by atoms with Crippen molar-refractivity contribution in [3.05, 3.63) is 82.9 Å². The van der Waals surface area contributed by atoms with Gasteiger partial charge in [0.15, 0.2) is 5.11 Å². The van der Waals surface area contributed by atoms with Crippen LogP contribution in [-0.4, -0.2) is 37.8 Å². The van der Waals surface area contributed by atoms with Gasteiger partial charge in [-0.3, -0.25) is 4.98 Å². The molecule has 1 aliphatic heterocycles. The minimum absolute atomic E-state index is 0.0340. The molecule has 1 aromatic carbocycles. The minimum atomic E-state index is -0.0689. The van der Waals surface area contributed by atoms with Crippen LogP contribution in [0.2, 0.25) is 0 Å². The van der Waals surface area contributed by atoms with E-state index in [9.17, 15) is 5.11 Å². The van der Waals surface area contributed by atoms with Crippen molar-refractivity contribution in [2.45, 2.75) is 39.3 Å². The van der Waals surface area contributed by atoms with Gasteiger partial charge in [0.1, 0.15) is 0 Å². The standard InChI is InChI=1S/C24H28N4OS/c1-4-18-9-5-6-11-21(18)28-16(2)15-19(17(28)3)23-22(20-10-7-8-12-25-20)26-24(30)27(23)13-14-29/h5-12,15,22-23,29H,4,13-14H2,1-3H3,(H,26,30)/t22-,23+/m1/s1. The number of para-hydroxylation sites is 1. The van der Waals surface area contributed by atoms with Crippen molar-refractivity contribution in [1.29, 1.82) is 0 Å². The quantitative estimate of drug-likeness (QED) is 0.590. The minimum Gasteiger partial charge on any atom is -0.395 e. The molecule has 0 amide bonds. The van der Waals surface area contributed by atoms with Gasteiger partial charge in [0, 0.05) is 29.8 Å². The molecule has 30 heavy (non-hydrogen) atoms. The second-order valence-electron chi connectivity index (χ2n) is 7.69. The number of pyridine rings is 1. The number of nitrogens with zero attached hydrogens (tertiary/aromatic N) is 3. The van der Waals surface area contributed by atoms with Gasteiger partial charge in [0.25, 0.3) is 0 Å². The lowest BCUT2D eigenvalue weighted by molar-refractivity contribution is 0.223. The second kappa shape index (κ2) is 8.58. The summed E-state index contributed by atoms with van der Waals surface area (Å²) in [5.41, 5.74) is 7.06. The van der Waals surface area contributed by atoms with Crippen molar-refractivity contribution in [2.75, 3.05) is 13.2 Å². The molecule has 6 heteroatoms. The molecule has 2 N–H and O–H groups in total. The smallest absolute Gasteiger partial charge is 0.170 e. The Morgan fingerprint density at radius 3 is 2.60 bits per heavy atom. The third kappa shape index (κ3) is 3.50. The number of nitrogens with one attached hydrogen (secondary N) is 1. The lowest BCUT2D eigenvalue weighted by Gasteiger charge is -2.27. The first kappa shape index (κ1) is 20.6. The largest absolute Gasteiger partial charge is 0.395 e. The average molecular weight is 421 g/mol. The maximum absolute atomic E-state index is 9.69. The third-order valence-corrected chi connectivity index (χ3v) is 6.29. The van der Waals surface area contributed by atoms with Crippen molar-refractivity contribution < 1.29 is 5.11 Å². The third-order valence-electron chi connectivity index (χ3n) is 5.94. The summed E-state index contributed by atoms with van der Waals surface area (Å²) in [6.07, 6.45) is 2.79. The molecule has 0 saturated carbocycles. The maximum atomic E-state index is 9.69. The number of hydrogen-bond acceptors (Lipinski definition) is 3. The molecule has 4 rings (SSSR count). The van der Waals surface area contributed by atoms with Crippen molar-refractivity contribution in [1.82, 2.24) is 19.8 Å². The van der Waals surface area contributed by atoms with Crippen LogP contribution >= 0.6 is 12.2 Å². The van der Waals surface area contributed by atoms with E-state index >= 15 is 0 Å². The molecular formula is C24H28N4OS. The number of hydrogen-bond donors (Lipinski definition) is 2. The second-order valence-corrected chi connectivity index (χ2v) is 8.07. The van der Waals surface area contributed by atoms with Crippen LogP contribution in [0.5, 0.6) is 0 Å². The van der Waals surface area contributed by atoms with Crippen molar-refractivity contribution in [3.8, 4) is 5.69 Å². The molecule has 3 heterocycles. The van der Waals surface area contributed by atoms with E-state index in [1.807, 2.05) is 24.4 Å². The molecule has 1 saturated heterocycles. The Labute approximate surface area is 183 Å². The number of thiocarbonyl (C=S) groups is 1. The van der Waals surface area contributed by atoms with E-state index in [4.69, 9.17) is 12.2 Å². The van der Waals surface area contributed by atoms with Crippen LogP contribution in [0.25, 0.3) is 5.69 Å². The Hall–Kier alpha value is -2.70. The van der Waals surface area contributed by atoms with Crippen LogP contribution in [0, 0.1) is 13.8 Å². The van der Waals surface area contributed by atoms with Crippen LogP contribution < -0.4 is 5.32 Å². The van der Waals surface area contributed by atoms with Gasteiger partial charge in [0.2, 0.25) is 0 Å². The van der Waals surface area contributed by atoms with Gasteiger partial charge < -0.3 is 19.9 Å². The number of aliphatic hydroxyl groups is 1. The van der Waals surface area contributed by atoms with Crippen LogP contribution in [0.15, 0.2) is 54.7 Å². The number of aliphatic hydroxyl groups excluding tert-OH is 1. The van der Waals surface area contributed by atoms with E-state index in [2.05, 4.69) is 70.9 Å². The molecule has 0 radical (unpaired) electrons. The van der Waals surface area contributed by atoms with Gasteiger partial charge in [-0.15, -0.1) is 0 Å². The predicted molar refractivity (Wildman–Crippen MR) is 124 cm³/mol. The molecular weight excluding hydrogens is 392 g/mol. The lowest BCUT2D eigenvalue weighted by Crippen LogP contribution is -2.32. The molecule has 2 aromatic heterocycles. The highest BCUT2D eigenvalue weighted by Gasteiger charge is 2.41. The normalized spacial score (nSPS) is 18.7. The molecule has 3 aromatic rings. The molecule has 1 fully saturated rings. The highest BCUT2D eigenvalue weighted by Crippen LogP contribution is 2.41. The van der Waals surface area contributed by atoms with E-state index < -0.39 is 0 Å². The number of benzene rings is 1. The number of rotatable bonds is 6. The zero-order valence-corrected chi connectivity index (χ0v) is 18.5. The van der Waals surface area contributed by atoms with Gasteiger partial charge in [-0.2, -0.15) is 0 Å². The first-order valence-corrected chi connectivity index (χ1v) is 10.8. The summed E-state index contributed by atoms with van der Waals surface area (Å²) in [5, 5.41) is 13.8. The number of aryl methyl sites for hydroxylation is 2. The summed E-state index contributed by atoms with van der Waals surface area (Å²) in [7, 11) is 0. The zero-order valence-electron chi connectivity index (χ0n) is 17.7. The summed E-state index contributed by atoms with van der Waals surface area (Å²) in [6.45, 7) is 7.03. The molecule has 0 spiro atoms. The topological polar surface area (TPSA) is 53.3 Å². The molecule has 2 atom stereocenters. The number of aromatic nitrogens is 2. The van der Waals surface area contributed by atoms with Gasteiger partial charge >= 0.3 is 0 Å². The SMILES string of the molecule is CCc1ccccc1-n1c(C)cc([C@H]2[C@@H](c3ccccn3)NC(=S)N2CCO)c1C. The van der Waals surface area contributed by atoms with Gasteiger partial charge in [-0.05, 0) is 67.9 Å². The Morgan fingerprint density at radius 2 is 1.90 bits per heavy atom. The Morgan fingerprint density at radius 1 is 1.13 bits per heavy atom. The fourth-order valence-electron chi connectivity index (χ4n) is 4.58. The van der Waals surface area contributed by atoms with E-state index in [1.54, 1.807) is 0 Å². The zero-order chi connectivity index (χ0) is 21.3. The Balaban J connectivity index is 1.85. The molecule has 0 aliphatic carbocycles. The van der Waals surface area contributed by atoms with E-state index in [0.717, 1.165) is 12.1 Å². The van der Waals surface area contributed by atoms with Crippen molar-refractivity contribution in [2.24, 2.45) is 0 Å². The molecule has 5 nitrogen and oxygen atoms in total. The molecule has 0 unspecified atom stereocenters. The summed E-state index contributed by atoms with van der Waals surface area (Å²) in [4.78, 5) is 6.68. The molecule has 1 aliphatic rings. The van der Waals surface area contributed by atoms with Crippen molar-refractivity contribution in [3.63, 3.8) is 0 Å². The van der Waals surface area contributed by atoms with Crippen LogP contribution in [-0.2, 0) is 6.42 Å². The predicted octanol–water partition coefficient (Wildman–Crippen LogP) is 4.02. The maximum Gasteiger partial charge on any atom is 0.170 e. The van der Waals surface area contributed by atoms with Gasteiger partial charge in [0.05, 0.1) is 24.4 Å². The highest BCUT2D eigenvalue weighted by atomic mass is 32.1. The molecule has 156 valence electrons. The first-order chi connectivity index (χ1) is 14.6. The van der Waals surface area contributed by atoms with Crippen LogP contribution in [0.3, 0.4) is 0 Å². The summed E-state index contributed by atoms with van der Waals surface area (Å²) in [5.74, 6) is 0. The van der Waals surface area contributed by atoms with Crippen LogP contribution in [0.4, 0.5) is 0 Å². The fraction of sp³-hybridized carbons (Fsp3) is 0.333. The fourth-order valence-corrected chi connectivity index (χ4v) is 4.91. The average Bonchev–Trinajstić information content (AvgIpc) is 3.24.